The zero-order valence-corrected chi connectivity index (χ0v) is 7.02. The van der Waals surface area contributed by atoms with Crippen LogP contribution in [0, 0.1) is 0 Å². The fraction of sp³-hybridized carbons (Fsp3) is 0.125. The molecule has 0 aliphatic carbocycles. The average Bonchev–Trinajstić information content (AvgIpc) is 2.35. The van der Waals surface area contributed by atoms with Gasteiger partial charge in [0, 0.05) is 11.0 Å². The minimum Gasteiger partial charge on any atom is -0.366 e. The first kappa shape index (κ1) is 8.01. The number of amides is 1. The van der Waals surface area contributed by atoms with Gasteiger partial charge in [0.2, 0.25) is 5.91 Å². The Balaban J connectivity index is 2.86. The molecule has 2 N–H and O–H groups in total. The summed E-state index contributed by atoms with van der Waals surface area (Å²) in [6, 6.07) is 3.90. The van der Waals surface area contributed by atoms with Gasteiger partial charge in [-0.05, 0) is 23.9 Å². The largest absolute Gasteiger partial charge is 0.366 e. The second kappa shape index (κ2) is 3.34. The van der Waals surface area contributed by atoms with Gasteiger partial charge in [0.15, 0.2) is 0 Å². The lowest BCUT2D eigenvalue weighted by molar-refractivity contribution is -0.113. The molecule has 1 rings (SSSR count). The lowest BCUT2D eigenvalue weighted by atomic mass is 10.2. The lowest BCUT2D eigenvalue weighted by Gasteiger charge is -1.92. The maximum Gasteiger partial charge on any atom is 0.241 e. The second-order valence-electron chi connectivity index (χ2n) is 2.21. The summed E-state index contributed by atoms with van der Waals surface area (Å²) >= 11 is 1.60. The van der Waals surface area contributed by atoms with E-state index in [0.717, 1.165) is 10.5 Å². The van der Waals surface area contributed by atoms with Crippen molar-refractivity contribution in [1.82, 2.24) is 0 Å². The minimum absolute atomic E-state index is 0.393. The number of thiophene rings is 1. The van der Waals surface area contributed by atoms with Crippen molar-refractivity contribution < 1.29 is 4.79 Å². The highest BCUT2D eigenvalue weighted by atomic mass is 32.1. The van der Waals surface area contributed by atoms with Crippen molar-refractivity contribution in [3.8, 4) is 0 Å². The summed E-state index contributed by atoms with van der Waals surface area (Å²) in [5.41, 5.74) is 5.91. The van der Waals surface area contributed by atoms with Gasteiger partial charge in [0.1, 0.15) is 0 Å². The summed E-state index contributed by atoms with van der Waals surface area (Å²) in [7, 11) is 0. The summed E-state index contributed by atoms with van der Waals surface area (Å²) in [5.74, 6) is -0.393. The zero-order chi connectivity index (χ0) is 8.27. The van der Waals surface area contributed by atoms with Crippen LogP contribution in [0.25, 0.3) is 5.57 Å². The predicted octanol–water partition coefficient (Wildman–Crippen LogP) is 1.64. The Morgan fingerprint density at radius 2 is 2.45 bits per heavy atom. The Labute approximate surface area is 69.3 Å². The van der Waals surface area contributed by atoms with E-state index in [1.165, 1.54) is 6.08 Å². The topological polar surface area (TPSA) is 43.1 Å². The molecule has 0 saturated carbocycles. The second-order valence-corrected chi connectivity index (χ2v) is 3.15. The van der Waals surface area contributed by atoms with E-state index in [1.807, 2.05) is 24.4 Å². The molecule has 0 aliphatic rings. The number of hydrogen-bond acceptors (Lipinski definition) is 2. The summed E-state index contributed by atoms with van der Waals surface area (Å²) in [5, 5.41) is 1.97. The number of rotatable bonds is 2. The molecule has 1 aromatic rings. The van der Waals surface area contributed by atoms with E-state index in [1.54, 1.807) is 11.3 Å². The van der Waals surface area contributed by atoms with E-state index < -0.39 is 5.91 Å². The first-order chi connectivity index (χ1) is 5.20. The Morgan fingerprint density at radius 1 is 1.73 bits per heavy atom. The predicted molar refractivity (Wildman–Crippen MR) is 47.2 cm³/mol. The van der Waals surface area contributed by atoms with Gasteiger partial charge in [-0.15, -0.1) is 11.3 Å². The van der Waals surface area contributed by atoms with Crippen LogP contribution in [0.2, 0.25) is 0 Å². The average molecular weight is 167 g/mol. The highest BCUT2D eigenvalue weighted by molar-refractivity contribution is 7.11. The van der Waals surface area contributed by atoms with Crippen LogP contribution in [0.4, 0.5) is 0 Å². The van der Waals surface area contributed by atoms with Crippen LogP contribution in [0.15, 0.2) is 23.6 Å². The molecule has 0 saturated heterocycles. The summed E-state index contributed by atoms with van der Waals surface area (Å²) in [4.78, 5) is 11.5. The molecule has 0 aromatic carbocycles. The van der Waals surface area contributed by atoms with Crippen molar-refractivity contribution in [2.45, 2.75) is 6.92 Å². The molecule has 1 aromatic heterocycles. The van der Waals surface area contributed by atoms with Crippen LogP contribution in [0.1, 0.15) is 11.8 Å². The lowest BCUT2D eigenvalue weighted by Crippen LogP contribution is -2.06. The third-order valence-corrected chi connectivity index (χ3v) is 2.27. The van der Waals surface area contributed by atoms with Crippen molar-refractivity contribution in [3.05, 3.63) is 28.5 Å². The third-order valence-electron chi connectivity index (χ3n) is 1.27. The molecule has 0 aliphatic heterocycles. The SMILES string of the molecule is C/C(=C\C(N)=O)c1cccs1. The number of allylic oxidation sites excluding steroid dienone is 1. The molecule has 0 atom stereocenters. The summed E-state index contributed by atoms with van der Waals surface area (Å²) < 4.78 is 0. The van der Waals surface area contributed by atoms with E-state index in [9.17, 15) is 4.79 Å². The van der Waals surface area contributed by atoms with Crippen LogP contribution >= 0.6 is 11.3 Å². The van der Waals surface area contributed by atoms with Crippen LogP contribution in [0.3, 0.4) is 0 Å². The van der Waals surface area contributed by atoms with Gasteiger partial charge in [-0.1, -0.05) is 6.07 Å². The Kier molecular flexibility index (Phi) is 2.44. The Hall–Kier alpha value is -1.09. The highest BCUT2D eigenvalue weighted by Crippen LogP contribution is 2.18. The monoisotopic (exact) mass is 167 g/mol. The van der Waals surface area contributed by atoms with E-state index in [4.69, 9.17) is 5.73 Å². The molecular formula is C8H9NOS. The van der Waals surface area contributed by atoms with Gasteiger partial charge in [0.25, 0.3) is 0 Å². The zero-order valence-electron chi connectivity index (χ0n) is 6.20. The van der Waals surface area contributed by atoms with Crippen LogP contribution < -0.4 is 5.73 Å². The van der Waals surface area contributed by atoms with Crippen molar-refractivity contribution in [2.75, 3.05) is 0 Å². The van der Waals surface area contributed by atoms with E-state index in [0.29, 0.717) is 0 Å². The summed E-state index contributed by atoms with van der Waals surface area (Å²) in [6.07, 6.45) is 1.44. The number of carbonyl (C=O) groups is 1. The third kappa shape index (κ3) is 2.20. The quantitative estimate of drug-likeness (QED) is 0.668. The Bertz CT molecular complexity index is 274. The van der Waals surface area contributed by atoms with E-state index in [2.05, 4.69) is 0 Å². The van der Waals surface area contributed by atoms with Crippen LogP contribution in [-0.4, -0.2) is 5.91 Å². The van der Waals surface area contributed by atoms with Crippen LogP contribution in [0.5, 0.6) is 0 Å². The molecule has 2 nitrogen and oxygen atoms in total. The normalized spacial score (nSPS) is 11.5. The molecular weight excluding hydrogens is 158 g/mol. The number of carbonyl (C=O) groups excluding carboxylic acids is 1. The van der Waals surface area contributed by atoms with Crippen molar-refractivity contribution in [2.24, 2.45) is 5.73 Å². The molecule has 58 valence electrons. The van der Waals surface area contributed by atoms with Gasteiger partial charge < -0.3 is 5.73 Å². The van der Waals surface area contributed by atoms with Gasteiger partial charge in [-0.2, -0.15) is 0 Å². The standard InChI is InChI=1S/C8H9NOS/c1-6(5-8(9)10)7-3-2-4-11-7/h2-5H,1H3,(H2,9,10)/b6-5+. The van der Waals surface area contributed by atoms with E-state index in [-0.39, 0.29) is 0 Å². The molecule has 0 unspecified atom stereocenters. The minimum atomic E-state index is -0.393. The fourth-order valence-electron chi connectivity index (χ4n) is 0.787. The van der Waals surface area contributed by atoms with Crippen molar-refractivity contribution >= 4 is 22.8 Å². The van der Waals surface area contributed by atoms with Gasteiger partial charge in [0.05, 0.1) is 0 Å². The number of primary amides is 1. The Morgan fingerprint density at radius 3 is 2.91 bits per heavy atom. The van der Waals surface area contributed by atoms with Gasteiger partial charge in [-0.3, -0.25) is 4.79 Å². The molecule has 11 heavy (non-hydrogen) atoms. The van der Waals surface area contributed by atoms with Crippen molar-refractivity contribution in [3.63, 3.8) is 0 Å². The molecule has 1 amide bonds. The smallest absolute Gasteiger partial charge is 0.241 e. The molecule has 0 spiro atoms. The van der Waals surface area contributed by atoms with Crippen molar-refractivity contribution in [1.29, 1.82) is 0 Å². The molecule has 0 fully saturated rings. The van der Waals surface area contributed by atoms with Crippen LogP contribution in [-0.2, 0) is 4.79 Å². The van der Waals surface area contributed by atoms with Gasteiger partial charge >= 0.3 is 0 Å². The highest BCUT2D eigenvalue weighted by Gasteiger charge is 1.96. The molecule has 0 radical (unpaired) electrons. The molecule has 3 heteroatoms. The first-order valence-electron chi connectivity index (χ1n) is 3.22. The maximum atomic E-state index is 10.5. The van der Waals surface area contributed by atoms with E-state index >= 15 is 0 Å². The fourth-order valence-corrected chi connectivity index (χ4v) is 1.49. The first-order valence-corrected chi connectivity index (χ1v) is 4.09. The molecule has 1 heterocycles. The maximum absolute atomic E-state index is 10.5. The number of nitrogens with two attached hydrogens (primary N) is 1. The van der Waals surface area contributed by atoms with Gasteiger partial charge in [-0.25, -0.2) is 0 Å². The molecule has 0 bridgehead atoms. The summed E-state index contributed by atoms with van der Waals surface area (Å²) in [6.45, 7) is 1.87. The number of hydrogen-bond donors (Lipinski definition) is 1.